The van der Waals surface area contributed by atoms with Gasteiger partial charge in [0.15, 0.2) is 0 Å². The Morgan fingerprint density at radius 3 is 2.14 bits per heavy atom. The fraction of sp³-hybridized carbons (Fsp3) is 0.278. The quantitative estimate of drug-likeness (QED) is 0.772. The van der Waals surface area contributed by atoms with Gasteiger partial charge < -0.3 is 9.84 Å². The molecule has 2 aromatic rings. The van der Waals surface area contributed by atoms with Crippen LogP contribution in [0.3, 0.4) is 0 Å². The number of carbonyl (C=O) groups is 1. The van der Waals surface area contributed by atoms with Gasteiger partial charge in [-0.25, -0.2) is 0 Å². The van der Waals surface area contributed by atoms with Gasteiger partial charge in [0.1, 0.15) is 0 Å². The number of nitrogens with one attached hydrogen (secondary N) is 1. The van der Waals surface area contributed by atoms with Gasteiger partial charge in [0, 0.05) is 0 Å². The van der Waals surface area contributed by atoms with Crippen LogP contribution in [0.1, 0.15) is 30.2 Å². The van der Waals surface area contributed by atoms with E-state index in [0.29, 0.717) is 6.61 Å². The van der Waals surface area contributed by atoms with Crippen LogP contribution in [0.2, 0.25) is 0 Å². The molecule has 0 aliphatic rings. The number of ether oxygens (including phenoxy) is 1. The molecule has 0 saturated heterocycles. The first-order chi connectivity index (χ1) is 10.7. The SMILES string of the molecule is CCOC(=O)CNC(c1ccccc1)C(O)c1ccccc1. The molecule has 0 saturated carbocycles. The molecular formula is C18H21NO3. The van der Waals surface area contributed by atoms with Crippen LogP contribution in [0.5, 0.6) is 0 Å². The van der Waals surface area contributed by atoms with E-state index in [1.807, 2.05) is 60.7 Å². The Balaban J connectivity index is 2.16. The van der Waals surface area contributed by atoms with Crippen molar-refractivity contribution in [2.45, 2.75) is 19.1 Å². The monoisotopic (exact) mass is 299 g/mol. The van der Waals surface area contributed by atoms with Crippen LogP contribution in [0.25, 0.3) is 0 Å². The van der Waals surface area contributed by atoms with Gasteiger partial charge in [-0.3, -0.25) is 10.1 Å². The van der Waals surface area contributed by atoms with E-state index in [0.717, 1.165) is 11.1 Å². The maximum absolute atomic E-state index is 11.6. The highest BCUT2D eigenvalue weighted by atomic mass is 16.5. The molecule has 2 atom stereocenters. The molecule has 2 unspecified atom stereocenters. The van der Waals surface area contributed by atoms with Crippen LogP contribution in [-0.4, -0.2) is 24.2 Å². The minimum Gasteiger partial charge on any atom is -0.465 e. The summed E-state index contributed by atoms with van der Waals surface area (Å²) in [6, 6.07) is 18.6. The van der Waals surface area contributed by atoms with Crippen molar-refractivity contribution < 1.29 is 14.6 Å². The van der Waals surface area contributed by atoms with E-state index in [-0.39, 0.29) is 18.6 Å². The van der Waals surface area contributed by atoms with E-state index in [2.05, 4.69) is 5.32 Å². The summed E-state index contributed by atoms with van der Waals surface area (Å²) in [4.78, 5) is 11.6. The molecule has 4 heteroatoms. The average Bonchev–Trinajstić information content (AvgIpc) is 2.57. The molecule has 4 nitrogen and oxygen atoms in total. The van der Waals surface area contributed by atoms with Crippen LogP contribution < -0.4 is 5.32 Å². The molecule has 2 aromatic carbocycles. The first-order valence-electron chi connectivity index (χ1n) is 7.39. The van der Waals surface area contributed by atoms with E-state index < -0.39 is 6.10 Å². The normalized spacial score (nSPS) is 13.4. The van der Waals surface area contributed by atoms with Crippen molar-refractivity contribution in [1.29, 1.82) is 0 Å². The van der Waals surface area contributed by atoms with Crippen LogP contribution in [0, 0.1) is 0 Å². The van der Waals surface area contributed by atoms with Crippen LogP contribution in [0.4, 0.5) is 0 Å². The molecular weight excluding hydrogens is 278 g/mol. The van der Waals surface area contributed by atoms with Gasteiger partial charge in [-0.1, -0.05) is 60.7 Å². The number of rotatable bonds is 7. The molecule has 2 rings (SSSR count). The second kappa shape index (κ2) is 8.32. The Labute approximate surface area is 130 Å². The Kier molecular flexibility index (Phi) is 6.13. The van der Waals surface area contributed by atoms with Crippen molar-refractivity contribution >= 4 is 5.97 Å². The number of benzene rings is 2. The highest BCUT2D eigenvalue weighted by Gasteiger charge is 2.23. The van der Waals surface area contributed by atoms with Gasteiger partial charge in [0.2, 0.25) is 0 Å². The lowest BCUT2D eigenvalue weighted by Crippen LogP contribution is -2.32. The fourth-order valence-electron chi connectivity index (χ4n) is 2.32. The first-order valence-corrected chi connectivity index (χ1v) is 7.39. The Morgan fingerprint density at radius 1 is 1.05 bits per heavy atom. The smallest absolute Gasteiger partial charge is 0.319 e. The maximum atomic E-state index is 11.6. The number of hydrogen-bond donors (Lipinski definition) is 2. The number of esters is 1. The Bertz CT molecular complexity index is 571. The molecule has 0 amide bonds. The second-order valence-corrected chi connectivity index (χ2v) is 4.93. The molecule has 0 spiro atoms. The minimum atomic E-state index is -0.752. The molecule has 0 fully saturated rings. The lowest BCUT2D eigenvalue weighted by atomic mass is 9.96. The van der Waals surface area contributed by atoms with Gasteiger partial charge >= 0.3 is 5.97 Å². The third-order valence-corrected chi connectivity index (χ3v) is 3.39. The van der Waals surface area contributed by atoms with Crippen molar-refractivity contribution in [2.24, 2.45) is 0 Å². The largest absolute Gasteiger partial charge is 0.465 e. The molecule has 0 aliphatic carbocycles. The molecule has 0 aliphatic heterocycles. The number of aliphatic hydroxyl groups is 1. The van der Waals surface area contributed by atoms with Crippen LogP contribution in [-0.2, 0) is 9.53 Å². The zero-order valence-corrected chi connectivity index (χ0v) is 12.6. The summed E-state index contributed by atoms with van der Waals surface area (Å²) in [7, 11) is 0. The van der Waals surface area contributed by atoms with Crippen molar-refractivity contribution in [3.05, 3.63) is 71.8 Å². The highest BCUT2D eigenvalue weighted by Crippen LogP contribution is 2.28. The zero-order valence-electron chi connectivity index (χ0n) is 12.6. The lowest BCUT2D eigenvalue weighted by molar-refractivity contribution is -0.142. The van der Waals surface area contributed by atoms with E-state index >= 15 is 0 Å². The average molecular weight is 299 g/mol. The molecule has 116 valence electrons. The molecule has 0 bridgehead atoms. The molecule has 22 heavy (non-hydrogen) atoms. The van der Waals surface area contributed by atoms with Gasteiger partial charge in [-0.15, -0.1) is 0 Å². The van der Waals surface area contributed by atoms with Crippen molar-refractivity contribution in [2.75, 3.05) is 13.2 Å². The van der Waals surface area contributed by atoms with Crippen molar-refractivity contribution in [3.63, 3.8) is 0 Å². The summed E-state index contributed by atoms with van der Waals surface area (Å²) in [6.45, 7) is 2.17. The second-order valence-electron chi connectivity index (χ2n) is 4.93. The molecule has 0 heterocycles. The topological polar surface area (TPSA) is 58.6 Å². The summed E-state index contributed by atoms with van der Waals surface area (Å²) < 4.78 is 4.93. The van der Waals surface area contributed by atoms with E-state index in [1.54, 1.807) is 6.92 Å². The van der Waals surface area contributed by atoms with Crippen LogP contribution in [0.15, 0.2) is 60.7 Å². The summed E-state index contributed by atoms with van der Waals surface area (Å²) in [5.41, 5.74) is 1.72. The predicted molar refractivity (Wildman–Crippen MR) is 85.2 cm³/mol. The van der Waals surface area contributed by atoms with Crippen molar-refractivity contribution in [3.8, 4) is 0 Å². The number of aliphatic hydroxyl groups excluding tert-OH is 1. The highest BCUT2D eigenvalue weighted by molar-refractivity contribution is 5.71. The Morgan fingerprint density at radius 2 is 1.59 bits per heavy atom. The first kappa shape index (κ1) is 16.2. The predicted octanol–water partition coefficient (Wildman–Crippen LogP) is 2.61. The lowest BCUT2D eigenvalue weighted by Gasteiger charge is -2.24. The van der Waals surface area contributed by atoms with Crippen molar-refractivity contribution in [1.82, 2.24) is 5.32 Å². The maximum Gasteiger partial charge on any atom is 0.319 e. The van der Waals surface area contributed by atoms with Gasteiger partial charge in [-0.05, 0) is 18.1 Å². The summed E-state index contributed by atoms with van der Waals surface area (Å²) >= 11 is 0. The van der Waals surface area contributed by atoms with E-state index in [4.69, 9.17) is 4.74 Å². The Hall–Kier alpha value is -2.17. The molecule has 2 N–H and O–H groups in total. The summed E-state index contributed by atoms with van der Waals surface area (Å²) in [6.07, 6.45) is -0.752. The third kappa shape index (κ3) is 4.41. The third-order valence-electron chi connectivity index (χ3n) is 3.39. The van der Waals surface area contributed by atoms with Gasteiger partial charge in [0.25, 0.3) is 0 Å². The van der Waals surface area contributed by atoms with Gasteiger partial charge in [0.05, 0.1) is 25.3 Å². The number of hydrogen-bond acceptors (Lipinski definition) is 4. The van der Waals surface area contributed by atoms with E-state index in [1.165, 1.54) is 0 Å². The summed E-state index contributed by atoms with van der Waals surface area (Å²) in [5.74, 6) is -0.330. The fourth-order valence-corrected chi connectivity index (χ4v) is 2.32. The molecule has 0 aromatic heterocycles. The van der Waals surface area contributed by atoms with Crippen LogP contribution >= 0.6 is 0 Å². The van der Waals surface area contributed by atoms with Gasteiger partial charge in [-0.2, -0.15) is 0 Å². The standard InChI is InChI=1S/C18H21NO3/c1-2-22-16(20)13-19-17(14-9-5-3-6-10-14)18(21)15-11-7-4-8-12-15/h3-12,17-19,21H,2,13H2,1H3. The number of carbonyl (C=O) groups excluding carboxylic acids is 1. The zero-order chi connectivity index (χ0) is 15.8. The molecule has 0 radical (unpaired) electrons. The van der Waals surface area contributed by atoms with E-state index in [9.17, 15) is 9.90 Å². The minimum absolute atomic E-state index is 0.0529. The summed E-state index contributed by atoms with van der Waals surface area (Å²) in [5, 5.41) is 13.8.